The third-order valence-corrected chi connectivity index (χ3v) is 4.68. The summed E-state index contributed by atoms with van der Waals surface area (Å²) in [7, 11) is 1.54. The van der Waals surface area contributed by atoms with Crippen molar-refractivity contribution in [3.05, 3.63) is 70.8 Å². The lowest BCUT2D eigenvalue weighted by Gasteiger charge is -2.26. The number of nitrogens with zero attached hydrogens (tertiary/aromatic N) is 2. The lowest BCUT2D eigenvalue weighted by atomic mass is 10.1. The van der Waals surface area contributed by atoms with Gasteiger partial charge in [0.2, 0.25) is 0 Å². The first kappa shape index (κ1) is 21.0. The Morgan fingerprint density at radius 2 is 1.66 bits per heavy atom. The Labute approximate surface area is 172 Å². The molecule has 1 aliphatic heterocycles. The Kier molecular flexibility index (Phi) is 7.79. The molecule has 1 fully saturated rings. The molecule has 152 valence electrons. The van der Waals surface area contributed by atoms with Gasteiger partial charge in [-0.05, 0) is 42.0 Å². The average molecular weight is 393 g/mol. The minimum Gasteiger partial charge on any atom is -0.379 e. The first-order valence-corrected chi connectivity index (χ1v) is 9.79. The number of hydrogen-bond donors (Lipinski definition) is 2. The zero-order valence-corrected chi connectivity index (χ0v) is 16.7. The fourth-order valence-electron chi connectivity index (χ4n) is 2.99. The Morgan fingerprint density at radius 3 is 2.24 bits per heavy atom. The standard InChI is InChI=1S/C23H27N3O3/c1-25(28)13-12-24-23(27)22-10-8-20(9-11-22)3-2-19-4-6-21(7-5-19)18-26-14-16-29-17-15-26/h4-11,28H,12-18H2,1H3,(H,24,27). The SMILES string of the molecule is CN(O)CCNC(=O)c1ccc(C#Cc2ccc(CN3CCOCC3)cc2)cc1. The summed E-state index contributed by atoms with van der Waals surface area (Å²) < 4.78 is 5.38. The second-order valence-corrected chi connectivity index (χ2v) is 7.05. The molecule has 6 nitrogen and oxygen atoms in total. The lowest BCUT2D eigenvalue weighted by Crippen LogP contribution is -2.35. The van der Waals surface area contributed by atoms with Crippen molar-refractivity contribution >= 4 is 5.91 Å². The van der Waals surface area contributed by atoms with E-state index in [1.54, 1.807) is 12.1 Å². The van der Waals surface area contributed by atoms with E-state index >= 15 is 0 Å². The van der Waals surface area contributed by atoms with Crippen molar-refractivity contribution in [1.29, 1.82) is 0 Å². The molecule has 29 heavy (non-hydrogen) atoms. The lowest BCUT2D eigenvalue weighted by molar-refractivity contribution is -0.0626. The van der Waals surface area contributed by atoms with Crippen LogP contribution < -0.4 is 5.32 Å². The number of carbonyl (C=O) groups excluding carboxylic acids is 1. The van der Waals surface area contributed by atoms with Gasteiger partial charge in [0.1, 0.15) is 0 Å². The maximum Gasteiger partial charge on any atom is 0.251 e. The van der Waals surface area contributed by atoms with Crippen LogP contribution in [0.25, 0.3) is 0 Å². The second-order valence-electron chi connectivity index (χ2n) is 7.05. The molecular formula is C23H27N3O3. The third kappa shape index (κ3) is 7.00. The van der Waals surface area contributed by atoms with Crippen LogP contribution in [0.4, 0.5) is 0 Å². The summed E-state index contributed by atoms with van der Waals surface area (Å²) in [5.41, 5.74) is 3.67. The molecule has 2 N–H and O–H groups in total. The second kappa shape index (κ2) is 10.7. The van der Waals surface area contributed by atoms with E-state index in [0.717, 1.165) is 49.0 Å². The summed E-state index contributed by atoms with van der Waals surface area (Å²) >= 11 is 0. The molecule has 2 aromatic carbocycles. The molecule has 0 aromatic heterocycles. The maximum atomic E-state index is 12.0. The molecule has 0 atom stereocenters. The molecule has 2 aromatic rings. The zero-order valence-electron chi connectivity index (χ0n) is 16.7. The average Bonchev–Trinajstić information content (AvgIpc) is 2.74. The summed E-state index contributed by atoms with van der Waals surface area (Å²) in [5.74, 6) is 6.14. The van der Waals surface area contributed by atoms with Crippen molar-refractivity contribution in [3.8, 4) is 11.8 Å². The highest BCUT2D eigenvalue weighted by Gasteiger charge is 2.10. The Bertz CT molecular complexity index is 846. The van der Waals surface area contributed by atoms with E-state index in [2.05, 4.69) is 34.2 Å². The van der Waals surface area contributed by atoms with Gasteiger partial charge in [-0.2, -0.15) is 5.06 Å². The fraction of sp³-hybridized carbons (Fsp3) is 0.348. The van der Waals surface area contributed by atoms with Crippen molar-refractivity contribution in [2.24, 2.45) is 0 Å². The first-order chi connectivity index (χ1) is 14.1. The monoisotopic (exact) mass is 393 g/mol. The van der Waals surface area contributed by atoms with Gasteiger partial charge < -0.3 is 15.3 Å². The van der Waals surface area contributed by atoms with Gasteiger partial charge in [-0.15, -0.1) is 0 Å². The van der Waals surface area contributed by atoms with Crippen LogP contribution in [0.1, 0.15) is 27.0 Å². The van der Waals surface area contributed by atoms with Crippen molar-refractivity contribution in [2.45, 2.75) is 6.54 Å². The molecule has 0 aliphatic carbocycles. The van der Waals surface area contributed by atoms with Gasteiger partial charge in [0, 0.05) is 56.5 Å². The molecule has 0 spiro atoms. The first-order valence-electron chi connectivity index (χ1n) is 9.79. The number of likely N-dealkylation sites (N-methyl/N-ethyl adjacent to an activating group) is 1. The van der Waals surface area contributed by atoms with Crippen LogP contribution in [-0.4, -0.2) is 67.5 Å². The van der Waals surface area contributed by atoms with Crippen LogP contribution in [0.2, 0.25) is 0 Å². The quantitative estimate of drug-likeness (QED) is 0.580. The molecule has 3 rings (SSSR count). The topological polar surface area (TPSA) is 65.0 Å². The maximum absolute atomic E-state index is 12.0. The molecule has 6 heteroatoms. The van der Waals surface area contributed by atoms with Gasteiger partial charge in [-0.3, -0.25) is 9.69 Å². The summed E-state index contributed by atoms with van der Waals surface area (Å²) in [4.78, 5) is 14.4. The third-order valence-electron chi connectivity index (χ3n) is 4.68. The van der Waals surface area contributed by atoms with Crippen LogP contribution in [0.15, 0.2) is 48.5 Å². The largest absolute Gasteiger partial charge is 0.379 e. The van der Waals surface area contributed by atoms with Crippen LogP contribution in [0, 0.1) is 11.8 Å². The van der Waals surface area contributed by atoms with Gasteiger partial charge in [0.15, 0.2) is 0 Å². The predicted octanol–water partition coefficient (Wildman–Crippen LogP) is 1.97. The highest BCUT2D eigenvalue weighted by molar-refractivity contribution is 5.94. The van der Waals surface area contributed by atoms with E-state index in [1.807, 2.05) is 24.3 Å². The van der Waals surface area contributed by atoms with Gasteiger partial charge >= 0.3 is 0 Å². The van der Waals surface area contributed by atoms with Crippen LogP contribution in [0.5, 0.6) is 0 Å². The van der Waals surface area contributed by atoms with Gasteiger partial charge in [0.25, 0.3) is 5.91 Å². The van der Waals surface area contributed by atoms with E-state index in [1.165, 1.54) is 12.6 Å². The molecule has 0 unspecified atom stereocenters. The summed E-state index contributed by atoms with van der Waals surface area (Å²) in [5, 5.41) is 12.9. The number of hydrogen-bond acceptors (Lipinski definition) is 5. The van der Waals surface area contributed by atoms with E-state index < -0.39 is 0 Å². The number of amides is 1. The molecule has 0 bridgehead atoms. The van der Waals surface area contributed by atoms with Crippen molar-refractivity contribution in [2.75, 3.05) is 46.4 Å². The number of carbonyl (C=O) groups is 1. The van der Waals surface area contributed by atoms with E-state index in [0.29, 0.717) is 18.7 Å². The van der Waals surface area contributed by atoms with Crippen LogP contribution in [0.3, 0.4) is 0 Å². The van der Waals surface area contributed by atoms with Crippen LogP contribution >= 0.6 is 0 Å². The number of morpholine rings is 1. The molecular weight excluding hydrogens is 366 g/mol. The van der Waals surface area contributed by atoms with Crippen molar-refractivity contribution < 1.29 is 14.7 Å². The van der Waals surface area contributed by atoms with Gasteiger partial charge in [-0.1, -0.05) is 24.0 Å². The van der Waals surface area contributed by atoms with Crippen LogP contribution in [-0.2, 0) is 11.3 Å². The predicted molar refractivity (Wildman–Crippen MR) is 112 cm³/mol. The minimum absolute atomic E-state index is 0.165. The Hall–Kier alpha value is -2.69. The molecule has 1 amide bonds. The summed E-state index contributed by atoms with van der Waals surface area (Å²) in [6.07, 6.45) is 0. The molecule has 1 heterocycles. The smallest absolute Gasteiger partial charge is 0.251 e. The number of ether oxygens (including phenoxy) is 1. The summed E-state index contributed by atoms with van der Waals surface area (Å²) in [6, 6.07) is 15.5. The van der Waals surface area contributed by atoms with E-state index in [4.69, 9.17) is 9.94 Å². The number of hydroxylamine groups is 2. The van der Waals surface area contributed by atoms with Gasteiger partial charge in [-0.25, -0.2) is 0 Å². The normalized spacial score (nSPS) is 14.3. The Morgan fingerprint density at radius 1 is 1.07 bits per heavy atom. The molecule has 0 radical (unpaired) electrons. The fourth-order valence-corrected chi connectivity index (χ4v) is 2.99. The number of benzene rings is 2. The number of nitrogens with one attached hydrogen (secondary N) is 1. The number of rotatable bonds is 6. The highest BCUT2D eigenvalue weighted by Crippen LogP contribution is 2.09. The Balaban J connectivity index is 1.53. The summed E-state index contributed by atoms with van der Waals surface area (Å²) in [6.45, 7) is 5.28. The van der Waals surface area contributed by atoms with E-state index in [9.17, 15) is 4.79 Å². The molecule has 0 saturated carbocycles. The van der Waals surface area contributed by atoms with E-state index in [-0.39, 0.29) is 5.91 Å². The van der Waals surface area contributed by atoms with Crippen molar-refractivity contribution in [3.63, 3.8) is 0 Å². The molecule has 1 aliphatic rings. The zero-order chi connectivity index (χ0) is 20.5. The molecule has 1 saturated heterocycles. The highest BCUT2D eigenvalue weighted by atomic mass is 16.5. The minimum atomic E-state index is -0.165. The van der Waals surface area contributed by atoms with Crippen molar-refractivity contribution in [1.82, 2.24) is 15.3 Å². The van der Waals surface area contributed by atoms with Gasteiger partial charge in [0.05, 0.1) is 13.2 Å².